The average molecular weight is 474 g/mol. The molecule has 0 unspecified atom stereocenters. The molecule has 0 saturated heterocycles. The Kier molecular flexibility index (Phi) is 5.90. The molecule has 2 aromatic heterocycles. The topological polar surface area (TPSA) is 86.5 Å². The van der Waals surface area contributed by atoms with Gasteiger partial charge in [-0.05, 0) is 60.0 Å². The van der Waals surface area contributed by atoms with E-state index >= 15 is 0 Å². The lowest BCUT2D eigenvalue weighted by atomic mass is 10.0. The molecule has 5 aromatic rings. The highest BCUT2D eigenvalue weighted by molar-refractivity contribution is 7.00. The quantitative estimate of drug-likeness (QED) is 0.304. The lowest BCUT2D eigenvalue weighted by Gasteiger charge is -2.10. The van der Waals surface area contributed by atoms with E-state index in [9.17, 15) is 9.90 Å². The minimum Gasteiger partial charge on any atom is -0.497 e. The van der Waals surface area contributed by atoms with Crippen molar-refractivity contribution in [2.24, 2.45) is 0 Å². The molecule has 0 fully saturated rings. The first-order valence-corrected chi connectivity index (χ1v) is 11.7. The predicted octanol–water partition coefficient (Wildman–Crippen LogP) is 5.86. The van der Waals surface area contributed by atoms with E-state index in [4.69, 9.17) is 9.47 Å². The van der Waals surface area contributed by atoms with Crippen LogP contribution >= 0.6 is 11.7 Å². The molecule has 5 rings (SSSR count). The molecule has 3 aromatic carbocycles. The first-order chi connectivity index (χ1) is 16.6. The third-order valence-corrected chi connectivity index (χ3v) is 6.30. The summed E-state index contributed by atoms with van der Waals surface area (Å²) in [6.07, 6.45) is 0.888. The van der Waals surface area contributed by atoms with Gasteiger partial charge in [0, 0.05) is 23.0 Å². The van der Waals surface area contributed by atoms with Crippen LogP contribution in [0.2, 0.25) is 0 Å². The second-order valence-electron chi connectivity index (χ2n) is 7.96. The van der Waals surface area contributed by atoms with Crippen LogP contribution in [-0.4, -0.2) is 38.1 Å². The standard InChI is InChI=1S/C26H23N3O4S/c1-3-12-33-19-9-11-23-20(14-19)24(17-5-7-18(32-2)8-6-17)25(26(30)31)29(23)15-16-4-10-21-22(13-16)28-34-27-21/h4-11,13-14H,3,12,15H2,1-2H3,(H,30,31). The van der Waals surface area contributed by atoms with Crippen LogP contribution in [0.5, 0.6) is 11.5 Å². The number of aromatic nitrogens is 3. The van der Waals surface area contributed by atoms with E-state index in [2.05, 4.69) is 15.7 Å². The number of ether oxygens (including phenoxy) is 2. The van der Waals surface area contributed by atoms with Gasteiger partial charge < -0.3 is 19.1 Å². The van der Waals surface area contributed by atoms with Crippen molar-refractivity contribution in [1.82, 2.24) is 13.3 Å². The summed E-state index contributed by atoms with van der Waals surface area (Å²) in [6, 6.07) is 19.1. The zero-order valence-corrected chi connectivity index (χ0v) is 19.6. The average Bonchev–Trinajstić information content (AvgIpc) is 3.45. The lowest BCUT2D eigenvalue weighted by molar-refractivity contribution is 0.0687. The summed E-state index contributed by atoms with van der Waals surface area (Å²) >= 11 is 1.17. The second kappa shape index (κ2) is 9.15. The number of aromatic carboxylic acids is 1. The Morgan fingerprint density at radius 3 is 2.50 bits per heavy atom. The molecule has 0 amide bonds. The van der Waals surface area contributed by atoms with E-state index in [1.54, 1.807) is 7.11 Å². The van der Waals surface area contributed by atoms with Gasteiger partial charge >= 0.3 is 5.97 Å². The summed E-state index contributed by atoms with van der Waals surface area (Å²) in [5, 5.41) is 11.2. The van der Waals surface area contributed by atoms with Crippen LogP contribution in [0.4, 0.5) is 0 Å². The van der Waals surface area contributed by atoms with E-state index in [1.807, 2.05) is 65.2 Å². The molecule has 0 radical (unpaired) electrons. The zero-order valence-electron chi connectivity index (χ0n) is 18.8. The third kappa shape index (κ3) is 3.97. The molecule has 8 heteroatoms. The molecule has 0 bridgehead atoms. The summed E-state index contributed by atoms with van der Waals surface area (Å²) in [5.41, 5.74) is 5.10. The van der Waals surface area contributed by atoms with Gasteiger partial charge in [0.15, 0.2) is 0 Å². The summed E-state index contributed by atoms with van der Waals surface area (Å²) < 4.78 is 21.6. The Morgan fingerprint density at radius 1 is 1.00 bits per heavy atom. The van der Waals surface area contributed by atoms with Crippen LogP contribution in [0.25, 0.3) is 33.1 Å². The van der Waals surface area contributed by atoms with E-state index < -0.39 is 5.97 Å². The minimum atomic E-state index is -0.991. The zero-order chi connectivity index (χ0) is 23.7. The fourth-order valence-corrected chi connectivity index (χ4v) is 4.71. The normalized spacial score (nSPS) is 11.2. The highest BCUT2D eigenvalue weighted by Crippen LogP contribution is 2.38. The van der Waals surface area contributed by atoms with Gasteiger partial charge in [-0.2, -0.15) is 8.75 Å². The third-order valence-electron chi connectivity index (χ3n) is 5.75. The number of rotatable bonds is 8. The molecule has 2 heterocycles. The van der Waals surface area contributed by atoms with Gasteiger partial charge in [0.1, 0.15) is 28.2 Å². The molecule has 172 valence electrons. The maximum atomic E-state index is 12.6. The van der Waals surface area contributed by atoms with Gasteiger partial charge in [0.2, 0.25) is 0 Å². The summed E-state index contributed by atoms with van der Waals surface area (Å²) in [6.45, 7) is 3.03. The molecular formula is C26H23N3O4S. The minimum absolute atomic E-state index is 0.226. The molecule has 0 spiro atoms. The molecule has 0 saturated carbocycles. The molecule has 0 atom stereocenters. The van der Waals surface area contributed by atoms with E-state index in [-0.39, 0.29) is 5.69 Å². The highest BCUT2D eigenvalue weighted by atomic mass is 32.1. The van der Waals surface area contributed by atoms with Gasteiger partial charge in [-0.25, -0.2) is 4.79 Å². The Labute approximate surface area is 200 Å². The Balaban J connectivity index is 1.72. The van der Waals surface area contributed by atoms with Crippen molar-refractivity contribution in [3.05, 3.63) is 71.9 Å². The second-order valence-corrected chi connectivity index (χ2v) is 8.49. The van der Waals surface area contributed by atoms with Gasteiger partial charge in [-0.15, -0.1) is 0 Å². The van der Waals surface area contributed by atoms with Crippen LogP contribution in [0.15, 0.2) is 60.7 Å². The first kappa shape index (κ1) is 21.9. The van der Waals surface area contributed by atoms with Crippen LogP contribution in [-0.2, 0) is 6.54 Å². The number of carboxylic acids is 1. The summed E-state index contributed by atoms with van der Waals surface area (Å²) in [5.74, 6) is 0.434. The number of nitrogens with zero attached hydrogens (tertiary/aromatic N) is 3. The fourth-order valence-electron chi connectivity index (χ4n) is 4.19. The number of methoxy groups -OCH3 is 1. The van der Waals surface area contributed by atoms with Gasteiger partial charge in [-0.3, -0.25) is 0 Å². The monoisotopic (exact) mass is 473 g/mol. The smallest absolute Gasteiger partial charge is 0.353 e. The molecule has 1 N–H and O–H groups in total. The molecule has 34 heavy (non-hydrogen) atoms. The molecule has 7 nitrogen and oxygen atoms in total. The molecule has 0 aliphatic heterocycles. The van der Waals surface area contributed by atoms with Crippen molar-refractivity contribution in [3.8, 4) is 22.6 Å². The Morgan fingerprint density at radius 2 is 1.76 bits per heavy atom. The van der Waals surface area contributed by atoms with Crippen LogP contribution in [0.3, 0.4) is 0 Å². The lowest BCUT2D eigenvalue weighted by Crippen LogP contribution is -2.10. The molecule has 0 aliphatic carbocycles. The number of hydrogen-bond acceptors (Lipinski definition) is 6. The van der Waals surface area contributed by atoms with Crippen molar-refractivity contribution in [2.75, 3.05) is 13.7 Å². The number of carboxylic acid groups (broad SMARTS) is 1. The van der Waals surface area contributed by atoms with E-state index in [0.717, 1.165) is 39.5 Å². The van der Waals surface area contributed by atoms with Crippen molar-refractivity contribution >= 4 is 39.6 Å². The summed E-state index contributed by atoms with van der Waals surface area (Å²) in [4.78, 5) is 12.6. The van der Waals surface area contributed by atoms with Crippen molar-refractivity contribution in [2.45, 2.75) is 19.9 Å². The van der Waals surface area contributed by atoms with Gasteiger partial charge in [0.25, 0.3) is 0 Å². The van der Waals surface area contributed by atoms with Crippen molar-refractivity contribution < 1.29 is 19.4 Å². The number of fused-ring (bicyclic) bond motifs is 2. The number of carbonyl (C=O) groups is 1. The van der Waals surface area contributed by atoms with Crippen molar-refractivity contribution in [3.63, 3.8) is 0 Å². The van der Waals surface area contributed by atoms with E-state index in [1.165, 1.54) is 11.7 Å². The highest BCUT2D eigenvalue weighted by Gasteiger charge is 2.24. The van der Waals surface area contributed by atoms with Gasteiger partial charge in [-0.1, -0.05) is 25.1 Å². The first-order valence-electron chi connectivity index (χ1n) is 11.0. The molecule has 0 aliphatic rings. The van der Waals surface area contributed by atoms with Crippen molar-refractivity contribution in [1.29, 1.82) is 0 Å². The maximum absolute atomic E-state index is 12.6. The SMILES string of the molecule is CCCOc1ccc2c(c1)c(-c1ccc(OC)cc1)c(C(=O)O)n2Cc1ccc2nsnc2c1. The Bertz CT molecular complexity index is 1490. The Hall–Kier alpha value is -3.91. The van der Waals surface area contributed by atoms with Gasteiger partial charge in [0.05, 0.1) is 25.4 Å². The fraction of sp³-hybridized carbons (Fsp3) is 0.192. The van der Waals surface area contributed by atoms with Crippen LogP contribution in [0, 0.1) is 0 Å². The van der Waals surface area contributed by atoms with Crippen LogP contribution < -0.4 is 9.47 Å². The molecular weight excluding hydrogens is 450 g/mol. The number of hydrogen-bond donors (Lipinski definition) is 1. The van der Waals surface area contributed by atoms with Crippen LogP contribution in [0.1, 0.15) is 29.4 Å². The number of benzene rings is 3. The van der Waals surface area contributed by atoms with E-state index in [0.29, 0.717) is 30.2 Å². The largest absolute Gasteiger partial charge is 0.497 e. The summed E-state index contributed by atoms with van der Waals surface area (Å²) in [7, 11) is 1.61. The maximum Gasteiger partial charge on any atom is 0.353 e. The predicted molar refractivity (Wildman–Crippen MR) is 133 cm³/mol.